The molecular weight excluding hydrogens is 352 g/mol. The summed E-state index contributed by atoms with van der Waals surface area (Å²) in [6, 6.07) is 15.5. The van der Waals surface area contributed by atoms with Gasteiger partial charge in [-0.25, -0.2) is 4.98 Å². The van der Waals surface area contributed by atoms with Crippen LogP contribution in [0.25, 0.3) is 22.0 Å². The molecular formula is C22H20N4O2. The second-order valence-corrected chi connectivity index (χ2v) is 6.14. The highest BCUT2D eigenvalue weighted by atomic mass is 16.5. The van der Waals surface area contributed by atoms with E-state index in [1.807, 2.05) is 48.5 Å². The van der Waals surface area contributed by atoms with Crippen LogP contribution in [-0.4, -0.2) is 32.0 Å². The van der Waals surface area contributed by atoms with Crippen LogP contribution in [0.5, 0.6) is 5.75 Å². The van der Waals surface area contributed by atoms with Gasteiger partial charge in [-0.05, 0) is 29.7 Å². The van der Waals surface area contributed by atoms with Gasteiger partial charge in [0.2, 0.25) is 0 Å². The van der Waals surface area contributed by atoms with Gasteiger partial charge < -0.3 is 15.4 Å². The minimum absolute atomic E-state index is 0.320. The fraction of sp³-hybridized carbons (Fsp3) is 0.136. The number of nitrogens with one attached hydrogen (secondary N) is 2. The van der Waals surface area contributed by atoms with E-state index in [0.717, 1.165) is 28.3 Å². The number of fused-ring (bicyclic) bond motifs is 1. The lowest BCUT2D eigenvalue weighted by molar-refractivity contribution is 0.112. The molecule has 0 aliphatic carbocycles. The minimum Gasteiger partial charge on any atom is -0.495 e. The third-order valence-electron chi connectivity index (χ3n) is 4.44. The summed E-state index contributed by atoms with van der Waals surface area (Å²) >= 11 is 0. The summed E-state index contributed by atoms with van der Waals surface area (Å²) in [4.78, 5) is 15.8. The van der Waals surface area contributed by atoms with E-state index in [1.54, 1.807) is 14.2 Å². The number of anilines is 2. The van der Waals surface area contributed by atoms with Crippen LogP contribution in [0.2, 0.25) is 0 Å². The van der Waals surface area contributed by atoms with Gasteiger partial charge >= 0.3 is 0 Å². The molecule has 0 bridgehead atoms. The number of carbonyl (C=O) groups excluding carboxylic acids is 1. The van der Waals surface area contributed by atoms with Gasteiger partial charge in [0.05, 0.1) is 30.2 Å². The number of nitriles is 1. The first-order valence-electron chi connectivity index (χ1n) is 8.68. The highest BCUT2D eigenvalue weighted by molar-refractivity contribution is 5.99. The summed E-state index contributed by atoms with van der Waals surface area (Å²) in [5.41, 5.74) is 3.80. The number of nitrogens with zero attached hydrogens (tertiary/aromatic N) is 2. The van der Waals surface area contributed by atoms with Gasteiger partial charge in [0, 0.05) is 30.1 Å². The Bertz CT molecular complexity index is 1100. The Morgan fingerprint density at radius 1 is 1.29 bits per heavy atom. The topological polar surface area (TPSA) is 87.0 Å². The molecule has 6 nitrogen and oxygen atoms in total. The van der Waals surface area contributed by atoms with Crippen LogP contribution >= 0.6 is 0 Å². The summed E-state index contributed by atoms with van der Waals surface area (Å²) in [6.45, 7) is 4.03. The van der Waals surface area contributed by atoms with Gasteiger partial charge in [-0.3, -0.25) is 4.79 Å². The molecule has 3 aromatic rings. The van der Waals surface area contributed by atoms with Crippen molar-refractivity contribution >= 4 is 28.4 Å². The monoisotopic (exact) mass is 372 g/mol. The fourth-order valence-electron chi connectivity index (χ4n) is 2.98. The van der Waals surface area contributed by atoms with E-state index in [9.17, 15) is 4.79 Å². The number of hydrogen-bond acceptors (Lipinski definition) is 6. The Hall–Kier alpha value is -3.85. The van der Waals surface area contributed by atoms with E-state index in [4.69, 9.17) is 10.00 Å². The van der Waals surface area contributed by atoms with Crippen LogP contribution < -0.4 is 15.4 Å². The second-order valence-electron chi connectivity index (χ2n) is 6.14. The van der Waals surface area contributed by atoms with E-state index < -0.39 is 0 Å². The lowest BCUT2D eigenvalue weighted by atomic mass is 10.0. The molecule has 0 radical (unpaired) electrons. The molecule has 2 aromatic carbocycles. The Morgan fingerprint density at radius 2 is 2.07 bits per heavy atom. The number of benzene rings is 2. The van der Waals surface area contributed by atoms with Crippen LogP contribution in [0.4, 0.5) is 11.4 Å². The number of rotatable bonds is 7. The second kappa shape index (κ2) is 8.23. The maximum absolute atomic E-state index is 11.3. The quantitative estimate of drug-likeness (QED) is 0.476. The molecule has 2 N–H and O–H groups in total. The molecule has 0 fully saturated rings. The molecule has 1 heterocycles. The van der Waals surface area contributed by atoms with Crippen molar-refractivity contribution in [3.05, 3.63) is 60.3 Å². The molecule has 0 saturated heterocycles. The highest BCUT2D eigenvalue weighted by Crippen LogP contribution is 2.36. The van der Waals surface area contributed by atoms with Gasteiger partial charge in [-0.2, -0.15) is 5.26 Å². The number of pyridine rings is 1. The Kier molecular flexibility index (Phi) is 5.56. The Morgan fingerprint density at radius 3 is 2.75 bits per heavy atom. The van der Waals surface area contributed by atoms with Crippen molar-refractivity contribution in [1.82, 2.24) is 4.98 Å². The lowest BCUT2D eigenvalue weighted by Crippen LogP contribution is -2.05. The highest BCUT2D eigenvalue weighted by Gasteiger charge is 2.12. The van der Waals surface area contributed by atoms with Crippen LogP contribution in [0.1, 0.15) is 10.5 Å². The van der Waals surface area contributed by atoms with Crippen LogP contribution in [0.15, 0.2) is 54.6 Å². The first kappa shape index (κ1) is 18.9. The molecule has 0 aliphatic heterocycles. The lowest BCUT2D eigenvalue weighted by Gasteiger charge is -2.15. The largest absolute Gasteiger partial charge is 0.495 e. The predicted octanol–water partition coefficient (Wildman–Crippen LogP) is 4.26. The van der Waals surface area contributed by atoms with Crippen molar-refractivity contribution in [2.45, 2.75) is 0 Å². The smallest absolute Gasteiger partial charge is 0.170 e. The molecule has 0 saturated carbocycles. The Labute approximate surface area is 163 Å². The number of methoxy groups -OCH3 is 1. The maximum atomic E-state index is 11.3. The molecule has 1 aromatic heterocycles. The number of aldehydes is 1. The zero-order valence-corrected chi connectivity index (χ0v) is 15.7. The van der Waals surface area contributed by atoms with Crippen LogP contribution in [-0.2, 0) is 0 Å². The first-order valence-corrected chi connectivity index (χ1v) is 8.68. The molecule has 3 rings (SSSR count). The molecule has 0 spiro atoms. The molecule has 6 heteroatoms. The van der Waals surface area contributed by atoms with E-state index in [-0.39, 0.29) is 0 Å². The summed E-state index contributed by atoms with van der Waals surface area (Å²) in [7, 11) is 3.35. The zero-order chi connectivity index (χ0) is 20.1. The molecule has 0 amide bonds. The van der Waals surface area contributed by atoms with Crippen molar-refractivity contribution in [2.24, 2.45) is 0 Å². The van der Waals surface area contributed by atoms with Gasteiger partial charge in [0.1, 0.15) is 11.4 Å². The van der Waals surface area contributed by atoms with E-state index in [0.29, 0.717) is 34.9 Å². The number of ether oxygens (including phenoxy) is 1. The van der Waals surface area contributed by atoms with Crippen molar-refractivity contribution in [1.29, 1.82) is 5.26 Å². The SMILES string of the molecule is C=C(C#N)CNc1c(OC)ccc2ccc(-c3ccc(NC)c(C=O)n3)cc12. The van der Waals surface area contributed by atoms with Crippen molar-refractivity contribution < 1.29 is 9.53 Å². The third kappa shape index (κ3) is 3.64. The minimum atomic E-state index is 0.320. The van der Waals surface area contributed by atoms with Crippen molar-refractivity contribution in [3.8, 4) is 23.1 Å². The standard InChI is InChI=1S/C22H20N4O2/c1-14(11-23)12-25-22-17-10-16(5-4-15(17)6-9-21(22)28-3)18-7-8-19(24-2)20(13-27)26-18/h4-10,13,24-25H,1,12H2,2-3H3. The average molecular weight is 372 g/mol. The van der Waals surface area contributed by atoms with Gasteiger partial charge in [0.25, 0.3) is 0 Å². The number of carbonyl (C=O) groups is 1. The molecule has 28 heavy (non-hydrogen) atoms. The first-order chi connectivity index (χ1) is 13.6. The molecule has 0 unspecified atom stereocenters. The van der Waals surface area contributed by atoms with Gasteiger partial charge in [0.15, 0.2) is 6.29 Å². The van der Waals surface area contributed by atoms with Crippen molar-refractivity contribution in [2.75, 3.05) is 31.3 Å². The maximum Gasteiger partial charge on any atom is 0.170 e. The van der Waals surface area contributed by atoms with Crippen molar-refractivity contribution in [3.63, 3.8) is 0 Å². The normalized spacial score (nSPS) is 10.2. The summed E-state index contributed by atoms with van der Waals surface area (Å²) < 4.78 is 5.49. The van der Waals surface area contributed by atoms with E-state index >= 15 is 0 Å². The predicted molar refractivity (Wildman–Crippen MR) is 112 cm³/mol. The van der Waals surface area contributed by atoms with Crippen LogP contribution in [0.3, 0.4) is 0 Å². The molecule has 0 aliphatic rings. The van der Waals surface area contributed by atoms with Crippen LogP contribution in [0, 0.1) is 11.3 Å². The summed E-state index contributed by atoms with van der Waals surface area (Å²) in [5, 5.41) is 17.1. The number of aromatic nitrogens is 1. The third-order valence-corrected chi connectivity index (χ3v) is 4.44. The van der Waals surface area contributed by atoms with Gasteiger partial charge in [-0.1, -0.05) is 24.8 Å². The van der Waals surface area contributed by atoms with Gasteiger partial charge in [-0.15, -0.1) is 0 Å². The summed E-state index contributed by atoms with van der Waals surface area (Å²) in [6.07, 6.45) is 0.736. The Balaban J connectivity index is 2.12. The van der Waals surface area contributed by atoms with E-state index in [1.165, 1.54) is 0 Å². The van der Waals surface area contributed by atoms with E-state index in [2.05, 4.69) is 22.2 Å². The molecule has 140 valence electrons. The molecule has 0 atom stereocenters. The fourth-order valence-corrected chi connectivity index (χ4v) is 2.98. The zero-order valence-electron chi connectivity index (χ0n) is 15.7. The average Bonchev–Trinajstić information content (AvgIpc) is 2.75. The number of hydrogen-bond donors (Lipinski definition) is 2. The summed E-state index contributed by atoms with van der Waals surface area (Å²) in [5.74, 6) is 0.669.